The number of benzene rings is 1. The summed E-state index contributed by atoms with van der Waals surface area (Å²) in [5, 5.41) is 3.24. The molecule has 1 N–H and O–H groups in total. The first-order chi connectivity index (χ1) is 13.1. The summed E-state index contributed by atoms with van der Waals surface area (Å²) >= 11 is 0. The van der Waals surface area contributed by atoms with Gasteiger partial charge in [0.25, 0.3) is 0 Å². The largest absolute Gasteiger partial charge is 0.451 e. The maximum Gasteiger partial charge on any atom is 0.451 e. The highest BCUT2D eigenvalue weighted by molar-refractivity contribution is 5.99. The number of nitrogens with one attached hydrogen (secondary N) is 1. The third-order valence-corrected chi connectivity index (χ3v) is 4.40. The standard InChI is InChI=1S/C16H14F6N4O2/c17-10-6-12(19)11(18)4-8(10)3-9(27)5-14(28)25-1-2-26-13(7-25)23-24-15(26)16(20,21)22/h4,6,13,23H,1-3,5,7H2. The molecule has 0 radical (unpaired) electrons. The van der Waals surface area contributed by atoms with E-state index in [-0.39, 0.29) is 25.2 Å². The molecule has 1 aromatic rings. The zero-order valence-electron chi connectivity index (χ0n) is 14.2. The first-order valence-electron chi connectivity index (χ1n) is 8.16. The van der Waals surface area contributed by atoms with Crippen molar-refractivity contribution in [3.63, 3.8) is 0 Å². The van der Waals surface area contributed by atoms with Gasteiger partial charge in [-0.3, -0.25) is 15.0 Å². The number of amides is 1. The van der Waals surface area contributed by atoms with Crippen molar-refractivity contribution in [2.75, 3.05) is 19.6 Å². The molecule has 1 atom stereocenters. The van der Waals surface area contributed by atoms with E-state index in [2.05, 4.69) is 10.5 Å². The van der Waals surface area contributed by atoms with E-state index in [1.807, 2.05) is 0 Å². The Morgan fingerprint density at radius 3 is 2.46 bits per heavy atom. The van der Waals surface area contributed by atoms with Gasteiger partial charge in [0, 0.05) is 25.6 Å². The van der Waals surface area contributed by atoms with Gasteiger partial charge in [0.2, 0.25) is 11.7 Å². The molecule has 3 rings (SSSR count). The van der Waals surface area contributed by atoms with Gasteiger partial charge in [-0.2, -0.15) is 18.3 Å². The molecule has 0 bridgehead atoms. The van der Waals surface area contributed by atoms with Crippen molar-refractivity contribution < 1.29 is 35.9 Å². The van der Waals surface area contributed by atoms with E-state index in [4.69, 9.17) is 0 Å². The minimum Gasteiger partial charge on any atom is -0.337 e. The molecule has 2 aliphatic rings. The maximum absolute atomic E-state index is 13.6. The molecular formula is C16H14F6N4O2. The highest BCUT2D eigenvalue weighted by atomic mass is 19.4. The van der Waals surface area contributed by atoms with Crippen LogP contribution >= 0.6 is 0 Å². The molecule has 0 spiro atoms. The van der Waals surface area contributed by atoms with Gasteiger partial charge in [-0.25, -0.2) is 13.2 Å². The van der Waals surface area contributed by atoms with Crippen molar-refractivity contribution in [2.24, 2.45) is 5.10 Å². The van der Waals surface area contributed by atoms with Gasteiger partial charge in [-0.15, -0.1) is 0 Å². The van der Waals surface area contributed by atoms with Crippen LogP contribution in [0.2, 0.25) is 0 Å². The van der Waals surface area contributed by atoms with E-state index in [0.717, 1.165) is 4.90 Å². The minimum absolute atomic E-state index is 0.0566. The Balaban J connectivity index is 1.56. The highest BCUT2D eigenvalue weighted by Crippen LogP contribution is 2.26. The number of Topliss-reactive ketones (excluding diaryl/α,β-unsaturated/α-hetero) is 1. The number of amidine groups is 1. The molecule has 2 aliphatic heterocycles. The molecule has 0 aliphatic carbocycles. The van der Waals surface area contributed by atoms with E-state index in [9.17, 15) is 35.9 Å². The van der Waals surface area contributed by atoms with Gasteiger partial charge in [-0.1, -0.05) is 0 Å². The topological polar surface area (TPSA) is 65.0 Å². The third kappa shape index (κ3) is 4.04. The third-order valence-electron chi connectivity index (χ3n) is 4.40. The van der Waals surface area contributed by atoms with Crippen LogP contribution in [0.4, 0.5) is 26.3 Å². The monoisotopic (exact) mass is 408 g/mol. The predicted molar refractivity (Wildman–Crippen MR) is 83.3 cm³/mol. The number of carbonyl (C=O) groups excluding carboxylic acids is 2. The van der Waals surface area contributed by atoms with Crippen LogP contribution < -0.4 is 5.43 Å². The lowest BCUT2D eigenvalue weighted by Crippen LogP contribution is -2.59. The van der Waals surface area contributed by atoms with Gasteiger partial charge in [0.15, 0.2) is 11.6 Å². The van der Waals surface area contributed by atoms with Crippen LogP contribution in [0.3, 0.4) is 0 Å². The van der Waals surface area contributed by atoms with Crippen molar-refractivity contribution in [3.05, 3.63) is 35.1 Å². The van der Waals surface area contributed by atoms with Crippen LogP contribution in [0.5, 0.6) is 0 Å². The lowest BCUT2D eigenvalue weighted by molar-refractivity contribution is -0.137. The van der Waals surface area contributed by atoms with Gasteiger partial charge in [-0.05, 0) is 11.6 Å². The summed E-state index contributed by atoms with van der Waals surface area (Å²) in [5.74, 6) is -6.29. The Hall–Kier alpha value is -2.79. The SMILES string of the molecule is O=C(CC(=O)N1CCN2C(C(F)(F)F)=NNC2C1)Cc1cc(F)c(F)cc1F. The number of hydrazone groups is 1. The van der Waals surface area contributed by atoms with Crippen LogP contribution in [0, 0.1) is 17.5 Å². The van der Waals surface area contributed by atoms with Crippen molar-refractivity contribution in [3.8, 4) is 0 Å². The second-order valence-electron chi connectivity index (χ2n) is 6.36. The summed E-state index contributed by atoms with van der Waals surface area (Å²) in [4.78, 5) is 26.4. The summed E-state index contributed by atoms with van der Waals surface area (Å²) < 4.78 is 78.2. The van der Waals surface area contributed by atoms with E-state index in [1.54, 1.807) is 0 Å². The molecule has 2 heterocycles. The summed E-state index contributed by atoms with van der Waals surface area (Å²) in [5.41, 5.74) is 1.91. The molecule has 28 heavy (non-hydrogen) atoms. The molecule has 1 amide bonds. The fourth-order valence-corrected chi connectivity index (χ4v) is 3.05. The molecule has 12 heteroatoms. The first kappa shape index (κ1) is 20.0. The zero-order valence-corrected chi connectivity index (χ0v) is 14.2. The van der Waals surface area contributed by atoms with Gasteiger partial charge in [0.05, 0.1) is 13.0 Å². The Morgan fingerprint density at radius 2 is 1.79 bits per heavy atom. The van der Waals surface area contributed by atoms with Gasteiger partial charge < -0.3 is 9.80 Å². The van der Waals surface area contributed by atoms with E-state index in [1.165, 1.54) is 4.90 Å². The van der Waals surface area contributed by atoms with Crippen LogP contribution in [0.25, 0.3) is 0 Å². The number of nitrogens with zero attached hydrogens (tertiary/aromatic N) is 3. The molecule has 6 nitrogen and oxygen atoms in total. The summed E-state index contributed by atoms with van der Waals surface area (Å²) in [7, 11) is 0. The van der Waals surface area contributed by atoms with E-state index < -0.39 is 60.2 Å². The van der Waals surface area contributed by atoms with Crippen molar-refractivity contribution >= 4 is 17.5 Å². The van der Waals surface area contributed by atoms with Crippen molar-refractivity contribution in [1.29, 1.82) is 0 Å². The van der Waals surface area contributed by atoms with Crippen LogP contribution in [-0.4, -0.2) is 59.3 Å². The van der Waals surface area contributed by atoms with E-state index in [0.29, 0.717) is 12.1 Å². The number of carbonyl (C=O) groups is 2. The second kappa shape index (κ2) is 7.32. The van der Waals surface area contributed by atoms with E-state index >= 15 is 0 Å². The first-order valence-corrected chi connectivity index (χ1v) is 8.16. The number of hydrogen-bond donors (Lipinski definition) is 1. The molecule has 152 valence electrons. The van der Waals surface area contributed by atoms with Crippen LogP contribution in [0.15, 0.2) is 17.2 Å². The zero-order chi connectivity index (χ0) is 20.6. The Labute approximate surface area is 154 Å². The normalized spacial score (nSPS) is 19.2. The predicted octanol–water partition coefficient (Wildman–Crippen LogP) is 1.55. The van der Waals surface area contributed by atoms with Crippen molar-refractivity contribution in [1.82, 2.24) is 15.2 Å². The van der Waals surface area contributed by atoms with Crippen LogP contribution in [0.1, 0.15) is 12.0 Å². The Bertz CT molecular complexity index is 841. The molecule has 1 saturated heterocycles. The Kier molecular flexibility index (Phi) is 5.22. The second-order valence-corrected chi connectivity index (χ2v) is 6.36. The Morgan fingerprint density at radius 1 is 1.11 bits per heavy atom. The molecule has 0 aromatic heterocycles. The quantitative estimate of drug-likeness (QED) is 0.467. The van der Waals surface area contributed by atoms with Crippen LogP contribution in [-0.2, 0) is 16.0 Å². The van der Waals surface area contributed by atoms with Gasteiger partial charge >= 0.3 is 6.18 Å². The summed E-state index contributed by atoms with van der Waals surface area (Å²) in [6.45, 7) is -0.318. The fraction of sp³-hybridized carbons (Fsp3) is 0.438. The maximum atomic E-state index is 13.6. The summed E-state index contributed by atoms with van der Waals surface area (Å²) in [6.07, 6.45) is -6.75. The molecular weight excluding hydrogens is 394 g/mol. The minimum atomic E-state index is -4.63. The molecule has 0 saturated carbocycles. The number of ketones is 1. The average Bonchev–Trinajstić information content (AvgIpc) is 3.03. The number of alkyl halides is 3. The number of halogens is 6. The number of fused-ring (bicyclic) bond motifs is 1. The smallest absolute Gasteiger partial charge is 0.337 e. The number of piperazine rings is 1. The fourth-order valence-electron chi connectivity index (χ4n) is 3.05. The van der Waals surface area contributed by atoms with Crippen molar-refractivity contribution in [2.45, 2.75) is 25.2 Å². The van der Waals surface area contributed by atoms with Gasteiger partial charge in [0.1, 0.15) is 17.8 Å². The molecule has 1 aromatic carbocycles. The number of hydrogen-bond acceptors (Lipinski definition) is 5. The average molecular weight is 408 g/mol. The summed E-state index contributed by atoms with van der Waals surface area (Å²) in [6, 6.07) is 0.854. The lowest BCUT2D eigenvalue weighted by atomic mass is 10.1. The molecule has 1 fully saturated rings. The molecule has 1 unspecified atom stereocenters. The lowest BCUT2D eigenvalue weighted by Gasteiger charge is -2.38. The number of rotatable bonds is 4. The highest BCUT2D eigenvalue weighted by Gasteiger charge is 2.47.